The number of hydrogen-bond donors (Lipinski definition) is 0. The molecule has 1 heteroatoms. The van der Waals surface area contributed by atoms with Crippen LogP contribution >= 0.6 is 0 Å². The minimum atomic E-state index is 0.790. The standard InChI is InChI=1S/C9H14O/c1-3-5-6-7-9-10-8-4-2/h3,5-7,9H,1,4,8H2,2H3/b6-5-,9-7+. The van der Waals surface area contributed by atoms with Crippen molar-refractivity contribution in [2.24, 2.45) is 0 Å². The maximum absolute atomic E-state index is 5.06. The summed E-state index contributed by atoms with van der Waals surface area (Å²) in [7, 11) is 0. The largest absolute Gasteiger partial charge is 0.501 e. The summed E-state index contributed by atoms with van der Waals surface area (Å²) in [5, 5.41) is 0. The Morgan fingerprint density at radius 1 is 1.30 bits per heavy atom. The topological polar surface area (TPSA) is 9.23 Å². The molecule has 0 N–H and O–H groups in total. The number of allylic oxidation sites excluding steroid dienone is 4. The lowest BCUT2D eigenvalue weighted by atomic mass is 10.5. The second kappa shape index (κ2) is 8.02. The van der Waals surface area contributed by atoms with E-state index in [9.17, 15) is 0 Å². The third-order valence-electron chi connectivity index (χ3n) is 0.855. The molecule has 0 fully saturated rings. The first-order chi connectivity index (χ1) is 4.91. The Balaban J connectivity index is 3.19. The lowest BCUT2D eigenvalue weighted by Gasteiger charge is -1.92. The van der Waals surface area contributed by atoms with Gasteiger partial charge in [-0.05, 0) is 12.5 Å². The van der Waals surface area contributed by atoms with E-state index in [2.05, 4.69) is 13.5 Å². The zero-order chi connectivity index (χ0) is 7.66. The molecule has 0 aliphatic heterocycles. The Morgan fingerprint density at radius 2 is 2.10 bits per heavy atom. The fourth-order valence-electron chi connectivity index (χ4n) is 0.430. The summed E-state index contributed by atoms with van der Waals surface area (Å²) in [5.41, 5.74) is 0. The van der Waals surface area contributed by atoms with E-state index in [0.29, 0.717) is 0 Å². The highest BCUT2D eigenvalue weighted by molar-refractivity contribution is 5.07. The number of rotatable bonds is 5. The molecule has 0 bridgehead atoms. The number of hydrogen-bond acceptors (Lipinski definition) is 1. The van der Waals surface area contributed by atoms with Gasteiger partial charge in [-0.3, -0.25) is 0 Å². The minimum Gasteiger partial charge on any atom is -0.501 e. The highest BCUT2D eigenvalue weighted by atomic mass is 16.5. The van der Waals surface area contributed by atoms with Crippen LogP contribution in [0.15, 0.2) is 37.1 Å². The molecule has 0 aliphatic rings. The van der Waals surface area contributed by atoms with Crippen molar-refractivity contribution in [3.05, 3.63) is 37.1 Å². The Hall–Kier alpha value is -0.980. The summed E-state index contributed by atoms with van der Waals surface area (Å²) in [6.07, 6.45) is 10.0. The molecule has 0 unspecified atom stereocenters. The Morgan fingerprint density at radius 3 is 2.70 bits per heavy atom. The fraction of sp³-hybridized carbons (Fsp3) is 0.333. The van der Waals surface area contributed by atoms with Crippen LogP contribution in [0.4, 0.5) is 0 Å². The van der Waals surface area contributed by atoms with Gasteiger partial charge in [-0.15, -0.1) is 0 Å². The van der Waals surface area contributed by atoms with Crippen LogP contribution in [0.5, 0.6) is 0 Å². The first kappa shape index (κ1) is 9.02. The molecule has 0 aliphatic carbocycles. The molecule has 0 aromatic rings. The molecule has 0 heterocycles. The SMILES string of the molecule is C=C/C=C\C=C\OCCC. The summed E-state index contributed by atoms with van der Waals surface area (Å²) in [6, 6.07) is 0. The van der Waals surface area contributed by atoms with Crippen LogP contribution in [0, 0.1) is 0 Å². The monoisotopic (exact) mass is 138 g/mol. The van der Waals surface area contributed by atoms with Crippen molar-refractivity contribution in [1.29, 1.82) is 0 Å². The van der Waals surface area contributed by atoms with Crippen LogP contribution < -0.4 is 0 Å². The van der Waals surface area contributed by atoms with Crippen molar-refractivity contribution in [3.63, 3.8) is 0 Å². The zero-order valence-corrected chi connectivity index (χ0v) is 6.42. The van der Waals surface area contributed by atoms with Crippen molar-refractivity contribution in [2.75, 3.05) is 6.61 Å². The van der Waals surface area contributed by atoms with Gasteiger partial charge >= 0.3 is 0 Å². The zero-order valence-electron chi connectivity index (χ0n) is 6.42. The lowest BCUT2D eigenvalue weighted by Crippen LogP contribution is -1.80. The van der Waals surface area contributed by atoms with E-state index in [1.54, 1.807) is 12.3 Å². The smallest absolute Gasteiger partial charge is 0.0870 e. The predicted molar refractivity (Wildman–Crippen MR) is 44.7 cm³/mol. The van der Waals surface area contributed by atoms with Crippen LogP contribution in [-0.4, -0.2) is 6.61 Å². The molecule has 0 aromatic carbocycles. The molecule has 10 heavy (non-hydrogen) atoms. The Kier molecular flexibility index (Phi) is 7.23. The van der Waals surface area contributed by atoms with Crippen LogP contribution in [0.25, 0.3) is 0 Å². The van der Waals surface area contributed by atoms with Crippen molar-refractivity contribution >= 4 is 0 Å². The molecule has 0 saturated carbocycles. The minimum absolute atomic E-state index is 0.790. The van der Waals surface area contributed by atoms with Gasteiger partial charge in [-0.1, -0.05) is 31.7 Å². The first-order valence-electron chi connectivity index (χ1n) is 3.47. The van der Waals surface area contributed by atoms with Crippen molar-refractivity contribution in [3.8, 4) is 0 Å². The number of ether oxygens (including phenoxy) is 1. The van der Waals surface area contributed by atoms with Crippen molar-refractivity contribution in [1.82, 2.24) is 0 Å². The lowest BCUT2D eigenvalue weighted by molar-refractivity contribution is 0.250. The van der Waals surface area contributed by atoms with Gasteiger partial charge in [0, 0.05) is 0 Å². The van der Waals surface area contributed by atoms with E-state index in [1.807, 2.05) is 18.2 Å². The summed E-state index contributed by atoms with van der Waals surface area (Å²) in [6.45, 7) is 6.40. The van der Waals surface area contributed by atoms with Gasteiger partial charge in [0.25, 0.3) is 0 Å². The molecule has 0 aromatic heterocycles. The van der Waals surface area contributed by atoms with Gasteiger partial charge in [0.05, 0.1) is 12.9 Å². The third-order valence-corrected chi connectivity index (χ3v) is 0.855. The van der Waals surface area contributed by atoms with Gasteiger partial charge < -0.3 is 4.74 Å². The van der Waals surface area contributed by atoms with E-state index in [4.69, 9.17) is 4.74 Å². The second-order valence-corrected chi connectivity index (χ2v) is 1.82. The Bertz CT molecular complexity index is 123. The maximum atomic E-state index is 5.06. The van der Waals surface area contributed by atoms with E-state index in [1.165, 1.54) is 0 Å². The van der Waals surface area contributed by atoms with Crippen LogP contribution in [-0.2, 0) is 4.74 Å². The summed E-state index contributed by atoms with van der Waals surface area (Å²) in [5.74, 6) is 0. The van der Waals surface area contributed by atoms with Gasteiger partial charge in [0.15, 0.2) is 0 Å². The summed E-state index contributed by atoms with van der Waals surface area (Å²) in [4.78, 5) is 0. The normalized spacial score (nSPS) is 10.9. The van der Waals surface area contributed by atoms with Gasteiger partial charge in [0.2, 0.25) is 0 Å². The fourth-order valence-corrected chi connectivity index (χ4v) is 0.430. The molecule has 0 atom stereocenters. The molecule has 0 saturated heterocycles. The van der Waals surface area contributed by atoms with Crippen molar-refractivity contribution in [2.45, 2.75) is 13.3 Å². The average Bonchev–Trinajstić information content (AvgIpc) is 1.97. The third kappa shape index (κ3) is 7.02. The van der Waals surface area contributed by atoms with Crippen LogP contribution in [0.3, 0.4) is 0 Å². The maximum Gasteiger partial charge on any atom is 0.0870 e. The molecule has 56 valence electrons. The molecule has 0 amide bonds. The highest BCUT2D eigenvalue weighted by Crippen LogP contribution is 1.83. The van der Waals surface area contributed by atoms with Crippen molar-refractivity contribution < 1.29 is 4.74 Å². The molecule has 0 rings (SSSR count). The summed E-state index contributed by atoms with van der Waals surface area (Å²) >= 11 is 0. The highest BCUT2D eigenvalue weighted by Gasteiger charge is 1.71. The van der Waals surface area contributed by atoms with E-state index < -0.39 is 0 Å². The molecule has 1 nitrogen and oxygen atoms in total. The van der Waals surface area contributed by atoms with E-state index >= 15 is 0 Å². The second-order valence-electron chi connectivity index (χ2n) is 1.82. The Labute approximate surface area is 62.7 Å². The van der Waals surface area contributed by atoms with Crippen LogP contribution in [0.2, 0.25) is 0 Å². The molecular weight excluding hydrogens is 124 g/mol. The average molecular weight is 138 g/mol. The molecule has 0 radical (unpaired) electrons. The first-order valence-corrected chi connectivity index (χ1v) is 3.47. The predicted octanol–water partition coefficient (Wildman–Crippen LogP) is 2.67. The van der Waals surface area contributed by atoms with E-state index in [0.717, 1.165) is 13.0 Å². The molecule has 0 spiro atoms. The van der Waals surface area contributed by atoms with E-state index in [-0.39, 0.29) is 0 Å². The quantitative estimate of drug-likeness (QED) is 0.322. The van der Waals surface area contributed by atoms with Crippen LogP contribution in [0.1, 0.15) is 13.3 Å². The molecular formula is C9H14O. The summed E-state index contributed by atoms with van der Waals surface area (Å²) < 4.78 is 5.06. The van der Waals surface area contributed by atoms with Gasteiger partial charge in [0.1, 0.15) is 0 Å². The van der Waals surface area contributed by atoms with Gasteiger partial charge in [-0.25, -0.2) is 0 Å². The van der Waals surface area contributed by atoms with Gasteiger partial charge in [-0.2, -0.15) is 0 Å².